The van der Waals surface area contributed by atoms with Gasteiger partial charge in [0.05, 0.1) is 25.5 Å². The first-order valence-corrected chi connectivity index (χ1v) is 9.63. The molecule has 0 bridgehead atoms. The van der Waals surface area contributed by atoms with Crippen LogP contribution in [0.4, 0.5) is 15.2 Å². The van der Waals surface area contributed by atoms with Gasteiger partial charge in [-0.1, -0.05) is 29.2 Å². The predicted octanol–water partition coefficient (Wildman–Crippen LogP) is 4.41. The SMILES string of the molecule is COc1cccc(Nc2nnc(SCC(=O)c3cc(F)ccc3OC)s2)c1. The smallest absolute Gasteiger partial charge is 0.210 e. The molecule has 0 fully saturated rings. The lowest BCUT2D eigenvalue weighted by Crippen LogP contribution is -2.05. The summed E-state index contributed by atoms with van der Waals surface area (Å²) < 4.78 is 24.3. The number of carbonyl (C=O) groups is 1. The second-order valence-corrected chi connectivity index (χ2v) is 7.49. The molecule has 0 atom stereocenters. The normalized spacial score (nSPS) is 10.5. The molecular weight excluding hydrogens is 389 g/mol. The van der Waals surface area contributed by atoms with Gasteiger partial charge in [-0.25, -0.2) is 4.39 Å². The van der Waals surface area contributed by atoms with Gasteiger partial charge in [0.15, 0.2) is 10.1 Å². The largest absolute Gasteiger partial charge is 0.497 e. The number of Topliss-reactive ketones (excluding diaryl/α,β-unsaturated/α-hetero) is 1. The number of carbonyl (C=O) groups excluding carboxylic acids is 1. The molecule has 1 aromatic heterocycles. The summed E-state index contributed by atoms with van der Waals surface area (Å²) in [6.07, 6.45) is 0. The van der Waals surface area contributed by atoms with Crippen LogP contribution >= 0.6 is 23.1 Å². The lowest BCUT2D eigenvalue weighted by Gasteiger charge is -2.06. The molecule has 0 amide bonds. The van der Waals surface area contributed by atoms with Gasteiger partial charge in [0, 0.05) is 11.8 Å². The average Bonchev–Trinajstić information content (AvgIpc) is 3.13. The Morgan fingerprint density at radius 1 is 1.19 bits per heavy atom. The van der Waals surface area contributed by atoms with Crippen molar-refractivity contribution in [2.24, 2.45) is 0 Å². The second kappa shape index (κ2) is 8.83. The summed E-state index contributed by atoms with van der Waals surface area (Å²) in [5.41, 5.74) is 1.03. The number of halogens is 1. The second-order valence-electron chi connectivity index (χ2n) is 5.29. The molecule has 27 heavy (non-hydrogen) atoms. The first-order chi connectivity index (χ1) is 13.1. The van der Waals surface area contributed by atoms with Crippen LogP contribution in [-0.4, -0.2) is 36.0 Å². The third-order valence-electron chi connectivity index (χ3n) is 3.52. The summed E-state index contributed by atoms with van der Waals surface area (Å²) in [5.74, 6) is 0.459. The van der Waals surface area contributed by atoms with Crippen molar-refractivity contribution in [1.29, 1.82) is 0 Å². The highest BCUT2D eigenvalue weighted by atomic mass is 32.2. The van der Waals surface area contributed by atoms with Crippen molar-refractivity contribution in [3.8, 4) is 11.5 Å². The van der Waals surface area contributed by atoms with Gasteiger partial charge in [0.25, 0.3) is 0 Å². The van der Waals surface area contributed by atoms with Crippen molar-refractivity contribution < 1.29 is 18.7 Å². The molecule has 140 valence electrons. The van der Waals surface area contributed by atoms with Crippen molar-refractivity contribution in [3.63, 3.8) is 0 Å². The number of rotatable bonds is 8. The molecule has 1 heterocycles. The van der Waals surface area contributed by atoms with Crippen LogP contribution < -0.4 is 14.8 Å². The molecule has 1 N–H and O–H groups in total. The fourth-order valence-electron chi connectivity index (χ4n) is 2.25. The highest BCUT2D eigenvalue weighted by Gasteiger charge is 2.15. The van der Waals surface area contributed by atoms with Crippen LogP contribution in [0.15, 0.2) is 46.8 Å². The Hall–Kier alpha value is -2.65. The molecule has 2 aromatic carbocycles. The summed E-state index contributed by atoms with van der Waals surface area (Å²) in [7, 11) is 3.04. The van der Waals surface area contributed by atoms with E-state index < -0.39 is 5.82 Å². The molecule has 9 heteroatoms. The minimum atomic E-state index is -0.482. The lowest BCUT2D eigenvalue weighted by atomic mass is 10.1. The number of methoxy groups -OCH3 is 2. The van der Waals surface area contributed by atoms with Crippen LogP contribution in [-0.2, 0) is 0 Å². The van der Waals surface area contributed by atoms with Crippen molar-refractivity contribution >= 4 is 39.7 Å². The molecule has 0 spiro atoms. The Labute approximate surface area is 163 Å². The molecule has 0 unspecified atom stereocenters. The first-order valence-electron chi connectivity index (χ1n) is 7.83. The quantitative estimate of drug-likeness (QED) is 0.439. The van der Waals surface area contributed by atoms with Gasteiger partial charge in [-0.3, -0.25) is 4.79 Å². The van der Waals surface area contributed by atoms with E-state index in [1.165, 1.54) is 48.4 Å². The van der Waals surface area contributed by atoms with E-state index in [1.54, 1.807) is 7.11 Å². The first kappa shape index (κ1) is 19.1. The van der Waals surface area contributed by atoms with Crippen molar-refractivity contribution in [3.05, 3.63) is 53.8 Å². The van der Waals surface area contributed by atoms with Crippen LogP contribution in [0.1, 0.15) is 10.4 Å². The molecule has 0 aliphatic carbocycles. The Morgan fingerprint density at radius 3 is 2.81 bits per heavy atom. The minimum absolute atomic E-state index is 0.105. The van der Waals surface area contributed by atoms with Crippen LogP contribution in [0.5, 0.6) is 11.5 Å². The zero-order valence-corrected chi connectivity index (χ0v) is 16.2. The summed E-state index contributed by atoms with van der Waals surface area (Å²) in [6, 6.07) is 11.3. The van der Waals surface area contributed by atoms with Crippen LogP contribution in [0, 0.1) is 5.82 Å². The highest BCUT2D eigenvalue weighted by Crippen LogP contribution is 2.30. The molecule has 0 radical (unpaired) electrons. The number of ether oxygens (including phenoxy) is 2. The van der Waals surface area contributed by atoms with Gasteiger partial charge >= 0.3 is 0 Å². The van der Waals surface area contributed by atoms with E-state index in [1.807, 2.05) is 24.3 Å². The number of ketones is 1. The van der Waals surface area contributed by atoms with Crippen LogP contribution in [0.25, 0.3) is 0 Å². The van der Waals surface area contributed by atoms with E-state index in [0.29, 0.717) is 15.2 Å². The number of benzene rings is 2. The fraction of sp³-hybridized carbons (Fsp3) is 0.167. The Morgan fingerprint density at radius 2 is 2.04 bits per heavy atom. The summed E-state index contributed by atoms with van der Waals surface area (Å²) in [5, 5.41) is 11.9. The number of aromatic nitrogens is 2. The lowest BCUT2D eigenvalue weighted by molar-refractivity contribution is 0.101. The van der Waals surface area contributed by atoms with E-state index in [2.05, 4.69) is 15.5 Å². The van der Waals surface area contributed by atoms with E-state index in [4.69, 9.17) is 9.47 Å². The zero-order chi connectivity index (χ0) is 19.2. The summed E-state index contributed by atoms with van der Waals surface area (Å²) in [4.78, 5) is 12.4. The van der Waals surface area contributed by atoms with Gasteiger partial charge in [0.1, 0.15) is 17.3 Å². The number of nitrogens with one attached hydrogen (secondary N) is 1. The van der Waals surface area contributed by atoms with E-state index in [9.17, 15) is 9.18 Å². The monoisotopic (exact) mass is 405 g/mol. The number of nitrogens with zero attached hydrogens (tertiary/aromatic N) is 2. The summed E-state index contributed by atoms with van der Waals surface area (Å²) in [6.45, 7) is 0. The van der Waals surface area contributed by atoms with Gasteiger partial charge in [-0.15, -0.1) is 10.2 Å². The molecule has 3 rings (SSSR count). The third-order valence-corrected chi connectivity index (χ3v) is 5.49. The van der Waals surface area contributed by atoms with Gasteiger partial charge in [0.2, 0.25) is 5.13 Å². The van der Waals surface area contributed by atoms with Crippen LogP contribution in [0.3, 0.4) is 0 Å². The molecular formula is C18H16FN3O3S2. The fourth-order valence-corrected chi connectivity index (χ4v) is 3.90. The Kier molecular flexibility index (Phi) is 6.25. The van der Waals surface area contributed by atoms with Crippen molar-refractivity contribution in [2.75, 3.05) is 25.3 Å². The van der Waals surface area contributed by atoms with Gasteiger partial charge < -0.3 is 14.8 Å². The summed E-state index contributed by atoms with van der Waals surface area (Å²) >= 11 is 2.56. The molecule has 0 saturated heterocycles. The topological polar surface area (TPSA) is 73.3 Å². The maximum atomic E-state index is 13.4. The van der Waals surface area contributed by atoms with Crippen LogP contribution in [0.2, 0.25) is 0 Å². The average molecular weight is 405 g/mol. The number of hydrogen-bond donors (Lipinski definition) is 1. The number of hydrogen-bond acceptors (Lipinski definition) is 8. The molecule has 6 nitrogen and oxygen atoms in total. The highest BCUT2D eigenvalue weighted by molar-refractivity contribution is 8.01. The number of thioether (sulfide) groups is 1. The molecule has 3 aromatic rings. The van der Waals surface area contributed by atoms with Crippen molar-refractivity contribution in [1.82, 2.24) is 10.2 Å². The maximum absolute atomic E-state index is 13.4. The Bertz CT molecular complexity index is 949. The van der Waals surface area contributed by atoms with E-state index in [0.717, 1.165) is 11.4 Å². The third kappa shape index (κ3) is 4.95. The van der Waals surface area contributed by atoms with Gasteiger partial charge in [-0.05, 0) is 30.3 Å². The molecule has 0 saturated carbocycles. The zero-order valence-electron chi connectivity index (χ0n) is 14.6. The molecule has 0 aliphatic rings. The minimum Gasteiger partial charge on any atom is -0.497 e. The van der Waals surface area contributed by atoms with Crippen molar-refractivity contribution in [2.45, 2.75) is 4.34 Å². The molecule has 0 aliphatic heterocycles. The van der Waals surface area contributed by atoms with Gasteiger partial charge in [-0.2, -0.15) is 0 Å². The maximum Gasteiger partial charge on any atom is 0.210 e. The van der Waals surface area contributed by atoms with E-state index in [-0.39, 0.29) is 17.1 Å². The van der Waals surface area contributed by atoms with E-state index >= 15 is 0 Å². The number of anilines is 2. The standard InChI is InChI=1S/C18H16FN3O3S2/c1-24-13-5-3-4-12(9-13)20-17-21-22-18(27-17)26-10-15(23)14-8-11(19)6-7-16(14)25-2/h3-9H,10H2,1-2H3,(H,20,21). The predicted molar refractivity (Wildman–Crippen MR) is 104 cm³/mol. The Balaban J connectivity index is 1.62.